The molecular weight excluding hydrogens is 705 g/mol. The van der Waals surface area contributed by atoms with E-state index in [1.165, 1.54) is 0 Å². The van der Waals surface area contributed by atoms with Crippen molar-refractivity contribution in [2.24, 2.45) is 0 Å². The summed E-state index contributed by atoms with van der Waals surface area (Å²) in [6.07, 6.45) is 8.79. The van der Waals surface area contributed by atoms with Crippen LogP contribution < -0.4 is 9.97 Å². The lowest BCUT2D eigenvalue weighted by Crippen LogP contribution is -2.09. The lowest BCUT2D eigenvalue weighted by molar-refractivity contribution is -0.378. The van der Waals surface area contributed by atoms with E-state index in [4.69, 9.17) is 0 Å². The average molecular weight is 767 g/mol. The molecule has 0 saturated heterocycles. The molecule has 4 heteroatoms. The Morgan fingerprint density at radius 2 is 0.466 bits per heavy atom. The van der Waals surface area contributed by atoms with Gasteiger partial charge in [-0.3, -0.25) is 0 Å². The Balaban J connectivity index is 0.000000851. The summed E-state index contributed by atoms with van der Waals surface area (Å²) in [5.74, 6) is 0. The molecule has 0 fully saturated rings. The third-order valence-electron chi connectivity index (χ3n) is 9.15. The van der Waals surface area contributed by atoms with Crippen molar-refractivity contribution in [2.45, 2.75) is 55.4 Å². The molecule has 8 bridgehead atoms. The first-order valence-corrected chi connectivity index (χ1v) is 20.3. The highest BCUT2D eigenvalue weighted by Crippen LogP contribution is 2.36. The maximum atomic E-state index is 3.84. The fourth-order valence-corrected chi connectivity index (χ4v) is 6.99. The van der Waals surface area contributed by atoms with E-state index in [9.17, 15) is 0 Å². The number of benzene rings is 4. The first-order chi connectivity index (χ1) is 27.8. The number of H-pyrrole nitrogens is 4. The molecule has 0 aliphatic carbocycles. The van der Waals surface area contributed by atoms with Gasteiger partial charge in [0, 0.05) is 24.3 Å². The highest BCUT2D eigenvalue weighted by Gasteiger charge is 2.23. The van der Waals surface area contributed by atoms with Crippen molar-refractivity contribution >= 4 is 46.4 Å². The third kappa shape index (κ3) is 9.70. The van der Waals surface area contributed by atoms with Crippen LogP contribution in [0.4, 0.5) is 0 Å². The van der Waals surface area contributed by atoms with Crippen LogP contribution in [0.3, 0.4) is 0 Å². The quantitative estimate of drug-likeness (QED) is 0.168. The zero-order valence-electron chi connectivity index (χ0n) is 36.2. The zero-order valence-corrected chi connectivity index (χ0v) is 36.2. The number of nitrogens with one attached hydrogen (secondary N) is 4. The van der Waals surface area contributed by atoms with Gasteiger partial charge in [-0.05, 0) is 46.5 Å². The summed E-state index contributed by atoms with van der Waals surface area (Å²) in [6.45, 7) is 16.0. The maximum absolute atomic E-state index is 3.84. The minimum atomic E-state index is 0. The molecule has 0 radical (unpaired) electrons. The van der Waals surface area contributed by atoms with Crippen LogP contribution in [-0.4, -0.2) is 9.97 Å². The SMILES string of the molecule is C1=Cc2[nH+]c1c(-c1ccccc1)c1ccc([nH]1)c(-c1ccccc1)c1[nH+]c(c(-c3ccccc3)c3ccc([nH]3)c2-c2ccccc2)C=C1.CC.CC.CC.CC.[CH3-].[CH3-]. The number of hydrogen-bond donors (Lipinski definition) is 2. The van der Waals surface area contributed by atoms with E-state index in [0.717, 1.165) is 89.4 Å². The molecule has 9 rings (SSSR count). The van der Waals surface area contributed by atoms with Gasteiger partial charge in [0.1, 0.15) is 0 Å². The Morgan fingerprint density at radius 3 is 0.655 bits per heavy atom. The second-order valence-electron chi connectivity index (χ2n) is 12.1. The van der Waals surface area contributed by atoms with Gasteiger partial charge in [0.05, 0.1) is 44.3 Å². The third-order valence-corrected chi connectivity index (χ3v) is 9.15. The fourth-order valence-electron chi connectivity index (χ4n) is 6.99. The van der Waals surface area contributed by atoms with Crippen molar-refractivity contribution < 1.29 is 9.97 Å². The number of aromatic nitrogens is 4. The van der Waals surface area contributed by atoms with E-state index in [-0.39, 0.29) is 14.9 Å². The first kappa shape index (κ1) is 45.9. The van der Waals surface area contributed by atoms with Crippen LogP contribution in [0.2, 0.25) is 0 Å². The van der Waals surface area contributed by atoms with Gasteiger partial charge < -0.3 is 24.8 Å². The molecule has 4 nitrogen and oxygen atoms in total. The minimum absolute atomic E-state index is 0. The molecule has 4 N–H and O–H groups in total. The summed E-state index contributed by atoms with van der Waals surface area (Å²) in [6, 6.07) is 51.2. The molecule has 2 aliphatic heterocycles. The largest absolute Gasteiger partial charge is 0.358 e. The average Bonchev–Trinajstić information content (AvgIpc) is 4.14. The van der Waals surface area contributed by atoms with Crippen LogP contribution in [0, 0.1) is 14.9 Å². The van der Waals surface area contributed by atoms with E-state index >= 15 is 0 Å². The van der Waals surface area contributed by atoms with Crippen LogP contribution in [0.1, 0.15) is 78.2 Å². The number of fused-ring (bicyclic) bond motifs is 8. The Bertz CT molecular complexity index is 2180. The Morgan fingerprint density at radius 1 is 0.276 bits per heavy atom. The van der Waals surface area contributed by atoms with Crippen LogP contribution in [0.5, 0.6) is 0 Å². The molecule has 0 atom stereocenters. The molecule has 4 aromatic carbocycles. The van der Waals surface area contributed by atoms with Gasteiger partial charge in [-0.2, -0.15) is 0 Å². The predicted molar refractivity (Wildman–Crippen MR) is 256 cm³/mol. The van der Waals surface area contributed by atoms with Crippen molar-refractivity contribution in [1.82, 2.24) is 9.97 Å². The smallest absolute Gasteiger partial charge is 0.214 e. The number of hydrogen-bond acceptors (Lipinski definition) is 0. The van der Waals surface area contributed by atoms with E-state index in [0.29, 0.717) is 0 Å². The normalized spacial score (nSPS) is 10.3. The molecule has 3 aromatic heterocycles. The van der Waals surface area contributed by atoms with Gasteiger partial charge in [-0.25, -0.2) is 9.97 Å². The second-order valence-corrected chi connectivity index (χ2v) is 12.1. The zero-order chi connectivity index (χ0) is 39.9. The second kappa shape index (κ2) is 22.9. The molecule has 298 valence electrons. The van der Waals surface area contributed by atoms with Crippen molar-refractivity contribution in [3.63, 3.8) is 0 Å². The molecule has 2 aliphatic rings. The van der Waals surface area contributed by atoms with Crippen LogP contribution >= 0.6 is 0 Å². The van der Waals surface area contributed by atoms with E-state index in [1.54, 1.807) is 0 Å². The molecule has 0 spiro atoms. The van der Waals surface area contributed by atoms with Gasteiger partial charge in [0.15, 0.2) is 0 Å². The maximum Gasteiger partial charge on any atom is 0.214 e. The monoisotopic (exact) mass is 766 g/mol. The van der Waals surface area contributed by atoms with E-state index in [2.05, 4.69) is 190 Å². The van der Waals surface area contributed by atoms with Gasteiger partial charge in [-0.15, -0.1) is 0 Å². The molecular formula is C54H62N4. The van der Waals surface area contributed by atoms with Crippen LogP contribution in [0.25, 0.3) is 90.9 Å². The lowest BCUT2D eigenvalue weighted by Gasteiger charge is -2.03. The van der Waals surface area contributed by atoms with Crippen molar-refractivity contribution in [1.29, 1.82) is 0 Å². The summed E-state index contributed by atoms with van der Waals surface area (Å²) in [5.41, 5.74) is 17.3. The molecule has 5 heterocycles. The summed E-state index contributed by atoms with van der Waals surface area (Å²) < 4.78 is 0. The standard InChI is InChI=1S/C44H30N4.4C2H6.2CH3/c1-5-13-29(14-6-1)41-33-21-23-35(45-33)42(30-15-7-2-8-16-30)37-25-27-39(47-37)44(32-19-11-4-12-20-32)40-28-26-38(48-40)43(31-17-9-3-10-18-31)36-24-22-34(41)46-36;4*1-2;;/h1-28,45,48H;4*1-2H3;2*1H3/q;;;;;2*-1/p+2. The van der Waals surface area contributed by atoms with Crippen LogP contribution in [-0.2, 0) is 0 Å². The topological polar surface area (TPSA) is 59.9 Å². The summed E-state index contributed by atoms with van der Waals surface area (Å²) in [4.78, 5) is 15.4. The minimum Gasteiger partial charge on any atom is -0.358 e. The highest BCUT2D eigenvalue weighted by atomic mass is 14.8. The molecule has 0 amide bonds. The van der Waals surface area contributed by atoms with Crippen molar-refractivity contribution in [3.05, 3.63) is 183 Å². The van der Waals surface area contributed by atoms with Gasteiger partial charge in [0.25, 0.3) is 0 Å². The lowest BCUT2D eigenvalue weighted by atomic mass is 10.0. The highest BCUT2D eigenvalue weighted by molar-refractivity contribution is 5.97. The molecule has 0 unspecified atom stereocenters. The van der Waals surface area contributed by atoms with Crippen molar-refractivity contribution in [3.8, 4) is 44.5 Å². The predicted octanol–water partition coefficient (Wildman–Crippen LogP) is 15.2. The van der Waals surface area contributed by atoms with Gasteiger partial charge >= 0.3 is 0 Å². The first-order valence-electron chi connectivity index (χ1n) is 20.3. The van der Waals surface area contributed by atoms with Gasteiger partial charge in [-0.1, -0.05) is 177 Å². The van der Waals surface area contributed by atoms with E-state index in [1.807, 2.05) is 55.4 Å². The van der Waals surface area contributed by atoms with Crippen molar-refractivity contribution in [2.75, 3.05) is 0 Å². The summed E-state index contributed by atoms with van der Waals surface area (Å²) >= 11 is 0. The Hall–Kier alpha value is -6.52. The fraction of sp³-hybridized carbons (Fsp3) is 0.148. The Labute approximate surface area is 348 Å². The number of rotatable bonds is 4. The van der Waals surface area contributed by atoms with Gasteiger partial charge in [0.2, 0.25) is 22.8 Å². The number of aromatic amines is 4. The van der Waals surface area contributed by atoms with E-state index < -0.39 is 0 Å². The summed E-state index contributed by atoms with van der Waals surface area (Å²) in [7, 11) is 0. The molecule has 0 saturated carbocycles. The van der Waals surface area contributed by atoms with Crippen LogP contribution in [0.15, 0.2) is 146 Å². The summed E-state index contributed by atoms with van der Waals surface area (Å²) in [5, 5.41) is 0. The molecule has 58 heavy (non-hydrogen) atoms. The molecule has 7 aromatic rings. The Kier molecular flexibility index (Phi) is 18.1.